The number of benzene rings is 2. The van der Waals surface area contributed by atoms with Gasteiger partial charge in [-0.05, 0) is 55.7 Å². The van der Waals surface area contributed by atoms with E-state index in [0.29, 0.717) is 35.9 Å². The zero-order chi connectivity index (χ0) is 17.5. The highest BCUT2D eigenvalue weighted by Crippen LogP contribution is 2.27. The van der Waals surface area contributed by atoms with E-state index in [1.54, 1.807) is 25.3 Å². The molecule has 2 aromatic carbocycles. The third kappa shape index (κ3) is 5.17. The number of carbonyl (C=O) groups is 1. The standard InChI is InChI=1S/C19H22ClNO3/c1-13-6-7-14(2)18(11-13)24-10-4-5-19(22)21-16-12-15(20)8-9-17(16)23-3/h6-9,11-12H,4-5,10H2,1-3H3,(H,21,22). The maximum Gasteiger partial charge on any atom is 0.224 e. The Morgan fingerprint density at radius 1 is 1.12 bits per heavy atom. The lowest BCUT2D eigenvalue weighted by Gasteiger charge is -2.12. The average Bonchev–Trinajstić information content (AvgIpc) is 2.55. The first kappa shape index (κ1) is 18.1. The highest BCUT2D eigenvalue weighted by Gasteiger charge is 2.08. The van der Waals surface area contributed by atoms with Crippen molar-refractivity contribution in [3.63, 3.8) is 0 Å². The van der Waals surface area contributed by atoms with E-state index in [0.717, 1.165) is 16.9 Å². The minimum absolute atomic E-state index is 0.0971. The number of hydrogen-bond donors (Lipinski definition) is 1. The summed E-state index contributed by atoms with van der Waals surface area (Å²) in [6.45, 7) is 4.52. The summed E-state index contributed by atoms with van der Waals surface area (Å²) in [6, 6.07) is 11.2. The Balaban J connectivity index is 1.81. The second-order valence-corrected chi connectivity index (χ2v) is 6.05. The van der Waals surface area contributed by atoms with Crippen LogP contribution in [0, 0.1) is 13.8 Å². The van der Waals surface area contributed by atoms with E-state index in [9.17, 15) is 4.79 Å². The van der Waals surface area contributed by atoms with Gasteiger partial charge < -0.3 is 14.8 Å². The molecule has 0 saturated carbocycles. The summed E-state index contributed by atoms with van der Waals surface area (Å²) in [6.07, 6.45) is 0.989. The van der Waals surface area contributed by atoms with Gasteiger partial charge in [-0.3, -0.25) is 4.79 Å². The van der Waals surface area contributed by atoms with Gasteiger partial charge in [0.05, 0.1) is 19.4 Å². The van der Waals surface area contributed by atoms with Crippen molar-refractivity contribution in [2.75, 3.05) is 19.0 Å². The van der Waals surface area contributed by atoms with Gasteiger partial charge in [0.2, 0.25) is 5.91 Å². The molecular formula is C19H22ClNO3. The molecule has 0 unspecified atom stereocenters. The number of amides is 1. The van der Waals surface area contributed by atoms with Crippen molar-refractivity contribution in [3.8, 4) is 11.5 Å². The molecule has 2 rings (SSSR count). The van der Waals surface area contributed by atoms with Crippen LogP contribution in [0.15, 0.2) is 36.4 Å². The molecule has 1 amide bonds. The van der Waals surface area contributed by atoms with Gasteiger partial charge in [-0.25, -0.2) is 0 Å². The number of rotatable bonds is 7. The molecule has 0 aromatic heterocycles. The Bertz CT molecular complexity index is 716. The molecule has 1 N–H and O–H groups in total. The molecule has 0 spiro atoms. The van der Waals surface area contributed by atoms with E-state index >= 15 is 0 Å². The Kier molecular flexibility index (Phi) is 6.50. The van der Waals surface area contributed by atoms with Gasteiger partial charge in [-0.15, -0.1) is 0 Å². The van der Waals surface area contributed by atoms with Crippen LogP contribution in [0.2, 0.25) is 5.02 Å². The summed E-state index contributed by atoms with van der Waals surface area (Å²) in [7, 11) is 1.55. The van der Waals surface area contributed by atoms with Crippen molar-refractivity contribution < 1.29 is 14.3 Å². The molecule has 4 nitrogen and oxygen atoms in total. The lowest BCUT2D eigenvalue weighted by molar-refractivity contribution is -0.116. The molecule has 0 fully saturated rings. The fourth-order valence-corrected chi connectivity index (χ4v) is 2.44. The smallest absolute Gasteiger partial charge is 0.224 e. The number of methoxy groups -OCH3 is 1. The Morgan fingerprint density at radius 3 is 2.67 bits per heavy atom. The minimum Gasteiger partial charge on any atom is -0.495 e. The molecule has 0 aliphatic carbocycles. The highest BCUT2D eigenvalue weighted by atomic mass is 35.5. The molecule has 0 saturated heterocycles. The molecule has 24 heavy (non-hydrogen) atoms. The van der Waals surface area contributed by atoms with Crippen molar-refractivity contribution in [1.29, 1.82) is 0 Å². The summed E-state index contributed by atoms with van der Waals surface area (Å²) in [5, 5.41) is 3.36. The van der Waals surface area contributed by atoms with Crippen molar-refractivity contribution in [2.45, 2.75) is 26.7 Å². The average molecular weight is 348 g/mol. The molecule has 0 atom stereocenters. The molecular weight excluding hydrogens is 326 g/mol. The summed E-state index contributed by atoms with van der Waals surface area (Å²) >= 11 is 5.95. The van der Waals surface area contributed by atoms with Gasteiger partial charge in [-0.1, -0.05) is 23.7 Å². The maximum absolute atomic E-state index is 12.1. The Hall–Kier alpha value is -2.20. The molecule has 0 bridgehead atoms. The normalized spacial score (nSPS) is 10.3. The van der Waals surface area contributed by atoms with E-state index in [2.05, 4.69) is 5.32 Å². The number of carbonyl (C=O) groups excluding carboxylic acids is 1. The van der Waals surface area contributed by atoms with Crippen LogP contribution in [0.25, 0.3) is 0 Å². The molecule has 128 valence electrons. The van der Waals surface area contributed by atoms with Gasteiger partial charge in [-0.2, -0.15) is 0 Å². The van der Waals surface area contributed by atoms with Crippen molar-refractivity contribution >= 4 is 23.2 Å². The predicted octanol–water partition coefficient (Wildman–Crippen LogP) is 4.76. The number of aryl methyl sites for hydroxylation is 2. The van der Waals surface area contributed by atoms with E-state index in [-0.39, 0.29) is 5.91 Å². The summed E-state index contributed by atoms with van der Waals surface area (Å²) in [5.41, 5.74) is 2.82. The molecule has 0 heterocycles. The quantitative estimate of drug-likeness (QED) is 0.734. The van der Waals surface area contributed by atoms with Crippen LogP contribution >= 0.6 is 11.6 Å². The van der Waals surface area contributed by atoms with Crippen LogP contribution < -0.4 is 14.8 Å². The second kappa shape index (κ2) is 8.60. The molecule has 2 aromatic rings. The molecule has 5 heteroatoms. The fourth-order valence-electron chi connectivity index (χ4n) is 2.27. The van der Waals surface area contributed by atoms with Crippen molar-refractivity contribution in [1.82, 2.24) is 0 Å². The maximum atomic E-state index is 12.1. The third-order valence-corrected chi connectivity index (χ3v) is 3.82. The summed E-state index contributed by atoms with van der Waals surface area (Å²) in [5.74, 6) is 1.35. The van der Waals surface area contributed by atoms with Gasteiger partial charge in [0.15, 0.2) is 0 Å². The third-order valence-electron chi connectivity index (χ3n) is 3.59. The highest BCUT2D eigenvalue weighted by molar-refractivity contribution is 6.31. The molecule has 0 aliphatic heterocycles. The van der Waals surface area contributed by atoms with Gasteiger partial charge in [0.1, 0.15) is 11.5 Å². The van der Waals surface area contributed by atoms with E-state index in [4.69, 9.17) is 21.1 Å². The van der Waals surface area contributed by atoms with Crippen LogP contribution in [0.4, 0.5) is 5.69 Å². The second-order valence-electron chi connectivity index (χ2n) is 5.61. The van der Waals surface area contributed by atoms with Crippen LogP contribution in [0.1, 0.15) is 24.0 Å². The number of ether oxygens (including phenoxy) is 2. The van der Waals surface area contributed by atoms with Gasteiger partial charge in [0, 0.05) is 11.4 Å². The lowest BCUT2D eigenvalue weighted by Crippen LogP contribution is -2.13. The predicted molar refractivity (Wildman–Crippen MR) is 97.3 cm³/mol. The number of halogens is 1. The monoisotopic (exact) mass is 347 g/mol. The largest absolute Gasteiger partial charge is 0.495 e. The van der Waals surface area contributed by atoms with Gasteiger partial charge in [0.25, 0.3) is 0 Å². The zero-order valence-electron chi connectivity index (χ0n) is 14.2. The van der Waals surface area contributed by atoms with Gasteiger partial charge >= 0.3 is 0 Å². The van der Waals surface area contributed by atoms with Crippen LogP contribution in [-0.4, -0.2) is 19.6 Å². The van der Waals surface area contributed by atoms with Crippen molar-refractivity contribution in [3.05, 3.63) is 52.5 Å². The van der Waals surface area contributed by atoms with Crippen molar-refractivity contribution in [2.24, 2.45) is 0 Å². The fraction of sp³-hybridized carbons (Fsp3) is 0.316. The zero-order valence-corrected chi connectivity index (χ0v) is 14.9. The Labute approximate surface area is 147 Å². The first-order valence-electron chi connectivity index (χ1n) is 7.83. The number of nitrogens with one attached hydrogen (secondary N) is 1. The van der Waals surface area contributed by atoms with Crippen LogP contribution in [0.3, 0.4) is 0 Å². The number of hydrogen-bond acceptors (Lipinski definition) is 3. The van der Waals surface area contributed by atoms with E-state index in [1.165, 1.54) is 0 Å². The molecule has 0 aliphatic rings. The first-order chi connectivity index (χ1) is 11.5. The Morgan fingerprint density at radius 2 is 1.92 bits per heavy atom. The van der Waals surface area contributed by atoms with Crippen LogP contribution in [-0.2, 0) is 4.79 Å². The summed E-state index contributed by atoms with van der Waals surface area (Å²) in [4.78, 5) is 12.1. The first-order valence-corrected chi connectivity index (χ1v) is 8.21. The van der Waals surface area contributed by atoms with E-state index in [1.807, 2.05) is 32.0 Å². The molecule has 0 radical (unpaired) electrons. The lowest BCUT2D eigenvalue weighted by atomic mass is 10.1. The summed E-state index contributed by atoms with van der Waals surface area (Å²) < 4.78 is 11.0. The SMILES string of the molecule is COc1ccc(Cl)cc1NC(=O)CCCOc1cc(C)ccc1C. The number of anilines is 1. The van der Waals surface area contributed by atoms with Crippen LogP contribution in [0.5, 0.6) is 11.5 Å². The van der Waals surface area contributed by atoms with E-state index < -0.39 is 0 Å². The minimum atomic E-state index is -0.0971. The topological polar surface area (TPSA) is 47.6 Å².